The van der Waals surface area contributed by atoms with Crippen molar-refractivity contribution in [3.63, 3.8) is 0 Å². The van der Waals surface area contributed by atoms with Crippen LogP contribution in [0.25, 0.3) is 0 Å². The predicted octanol–water partition coefficient (Wildman–Crippen LogP) is 0.446. The molecule has 2 rings (SSSR count). The van der Waals surface area contributed by atoms with Gasteiger partial charge in [0.05, 0.1) is 0 Å². The number of amides is 1. The molecule has 1 saturated heterocycles. The van der Waals surface area contributed by atoms with Crippen LogP contribution in [0.5, 0.6) is 0 Å². The summed E-state index contributed by atoms with van der Waals surface area (Å²) in [5.41, 5.74) is 4.86. The smallest absolute Gasteiger partial charge is 0.233 e. The largest absolute Gasteiger partial charge is 0.409 e. The van der Waals surface area contributed by atoms with Crippen LogP contribution in [0.2, 0.25) is 0 Å². The average Bonchev–Trinajstić information content (AvgIpc) is 2.80. The molecule has 0 bridgehead atoms. The fourth-order valence-electron chi connectivity index (χ4n) is 2.60. The molecule has 0 aromatic rings. The number of amidine groups is 1. The second-order valence-corrected chi connectivity index (χ2v) is 5.20. The van der Waals surface area contributed by atoms with E-state index in [1.165, 1.54) is 0 Å². The monoisotopic (exact) mass is 255 g/mol. The van der Waals surface area contributed by atoms with Gasteiger partial charge in [-0.2, -0.15) is 0 Å². The third-order valence-corrected chi connectivity index (χ3v) is 4.10. The Morgan fingerprint density at radius 1 is 1.56 bits per heavy atom. The van der Waals surface area contributed by atoms with E-state index in [0.29, 0.717) is 25.3 Å². The lowest BCUT2D eigenvalue weighted by Gasteiger charge is -2.38. The fourth-order valence-corrected chi connectivity index (χ4v) is 2.60. The maximum atomic E-state index is 12.1. The van der Waals surface area contributed by atoms with Gasteiger partial charge in [0.1, 0.15) is 5.41 Å². The number of rotatable bonds is 5. The molecular weight excluding hydrogens is 234 g/mol. The van der Waals surface area contributed by atoms with E-state index < -0.39 is 5.41 Å². The molecule has 2 aliphatic rings. The van der Waals surface area contributed by atoms with E-state index in [1.807, 2.05) is 0 Å². The first-order chi connectivity index (χ1) is 8.69. The standard InChI is InChI=1S/C12H21N3O3/c13-10(15-17)12(4-1-5-12)11(16)14-6-2-9-3-7-18-8-9/h9,17H,1-8H2,(H2,13,15)(H,14,16). The summed E-state index contributed by atoms with van der Waals surface area (Å²) >= 11 is 0. The minimum absolute atomic E-state index is 0.0375. The Balaban J connectivity index is 1.79. The van der Waals surface area contributed by atoms with Gasteiger partial charge < -0.3 is 21.0 Å². The first kappa shape index (κ1) is 13.1. The van der Waals surface area contributed by atoms with Crippen molar-refractivity contribution in [1.29, 1.82) is 0 Å². The second kappa shape index (κ2) is 5.56. The molecule has 1 unspecified atom stereocenters. The van der Waals surface area contributed by atoms with Crippen molar-refractivity contribution in [3.05, 3.63) is 0 Å². The quantitative estimate of drug-likeness (QED) is 0.287. The molecule has 1 aliphatic carbocycles. The molecule has 1 aliphatic heterocycles. The summed E-state index contributed by atoms with van der Waals surface area (Å²) in [5, 5.41) is 14.7. The molecule has 0 radical (unpaired) electrons. The van der Waals surface area contributed by atoms with Gasteiger partial charge >= 0.3 is 0 Å². The van der Waals surface area contributed by atoms with E-state index in [9.17, 15) is 4.79 Å². The number of nitrogens with zero attached hydrogens (tertiary/aromatic N) is 1. The van der Waals surface area contributed by atoms with E-state index >= 15 is 0 Å². The highest BCUT2D eigenvalue weighted by Gasteiger charge is 2.48. The molecule has 18 heavy (non-hydrogen) atoms. The molecule has 0 aromatic heterocycles. The lowest BCUT2D eigenvalue weighted by atomic mass is 9.67. The molecule has 1 heterocycles. The third kappa shape index (κ3) is 2.43. The molecule has 6 heteroatoms. The van der Waals surface area contributed by atoms with Gasteiger partial charge in [0.2, 0.25) is 5.91 Å². The Hall–Kier alpha value is -1.30. The van der Waals surface area contributed by atoms with E-state index in [-0.39, 0.29) is 11.7 Å². The highest BCUT2D eigenvalue weighted by atomic mass is 16.5. The number of hydrogen-bond acceptors (Lipinski definition) is 4. The zero-order valence-electron chi connectivity index (χ0n) is 10.5. The highest BCUT2D eigenvalue weighted by Crippen LogP contribution is 2.41. The molecule has 1 amide bonds. The van der Waals surface area contributed by atoms with Crippen LogP contribution in [0.3, 0.4) is 0 Å². The lowest BCUT2D eigenvalue weighted by molar-refractivity contribution is -0.131. The molecule has 6 nitrogen and oxygen atoms in total. The first-order valence-corrected chi connectivity index (χ1v) is 6.53. The van der Waals surface area contributed by atoms with Gasteiger partial charge in [0.25, 0.3) is 0 Å². The van der Waals surface area contributed by atoms with Crippen molar-refractivity contribution in [2.75, 3.05) is 19.8 Å². The summed E-state index contributed by atoms with van der Waals surface area (Å²) in [7, 11) is 0. The molecule has 1 saturated carbocycles. The molecule has 0 spiro atoms. The molecule has 1 atom stereocenters. The van der Waals surface area contributed by atoms with Crippen LogP contribution >= 0.6 is 0 Å². The molecule has 2 fully saturated rings. The Kier molecular flexibility index (Phi) is 4.06. The topological polar surface area (TPSA) is 96.9 Å². The van der Waals surface area contributed by atoms with E-state index in [1.54, 1.807) is 0 Å². The molecule has 0 aromatic carbocycles. The number of carbonyl (C=O) groups excluding carboxylic acids is 1. The van der Waals surface area contributed by atoms with Crippen molar-refractivity contribution >= 4 is 11.7 Å². The normalized spacial score (nSPS) is 26.7. The van der Waals surface area contributed by atoms with Crippen LogP contribution in [0.4, 0.5) is 0 Å². The van der Waals surface area contributed by atoms with Crippen molar-refractivity contribution in [2.24, 2.45) is 22.2 Å². The number of oxime groups is 1. The summed E-state index contributed by atoms with van der Waals surface area (Å²) < 4.78 is 5.28. The van der Waals surface area contributed by atoms with Crippen LogP contribution < -0.4 is 11.1 Å². The summed E-state index contributed by atoms with van der Waals surface area (Å²) in [6.45, 7) is 2.25. The van der Waals surface area contributed by atoms with Crippen molar-refractivity contribution in [1.82, 2.24) is 5.32 Å². The minimum atomic E-state index is -0.763. The Labute approximate surface area is 107 Å². The summed E-state index contributed by atoms with van der Waals surface area (Å²) in [6.07, 6.45) is 4.28. The average molecular weight is 255 g/mol. The fraction of sp³-hybridized carbons (Fsp3) is 0.833. The maximum absolute atomic E-state index is 12.1. The second-order valence-electron chi connectivity index (χ2n) is 5.20. The Morgan fingerprint density at radius 2 is 2.33 bits per heavy atom. The summed E-state index contributed by atoms with van der Waals surface area (Å²) in [4.78, 5) is 12.1. The van der Waals surface area contributed by atoms with Crippen LogP contribution in [0.15, 0.2) is 5.16 Å². The number of carbonyl (C=O) groups is 1. The molecule has 4 N–H and O–H groups in total. The van der Waals surface area contributed by atoms with E-state index in [0.717, 1.165) is 32.5 Å². The van der Waals surface area contributed by atoms with Crippen molar-refractivity contribution in [2.45, 2.75) is 32.1 Å². The minimum Gasteiger partial charge on any atom is -0.409 e. The maximum Gasteiger partial charge on any atom is 0.233 e. The van der Waals surface area contributed by atoms with Gasteiger partial charge in [0, 0.05) is 19.8 Å². The van der Waals surface area contributed by atoms with E-state index in [2.05, 4.69) is 10.5 Å². The number of nitrogens with one attached hydrogen (secondary N) is 1. The zero-order chi connectivity index (χ0) is 13.0. The number of hydrogen-bond donors (Lipinski definition) is 3. The molecular formula is C12H21N3O3. The van der Waals surface area contributed by atoms with E-state index in [4.69, 9.17) is 15.7 Å². The first-order valence-electron chi connectivity index (χ1n) is 6.53. The number of nitrogens with two attached hydrogens (primary N) is 1. The highest BCUT2D eigenvalue weighted by molar-refractivity contribution is 6.07. The predicted molar refractivity (Wildman–Crippen MR) is 66.2 cm³/mol. The lowest BCUT2D eigenvalue weighted by Crippen LogP contribution is -2.54. The van der Waals surface area contributed by atoms with Gasteiger partial charge in [-0.1, -0.05) is 11.6 Å². The number of ether oxygens (including phenoxy) is 1. The van der Waals surface area contributed by atoms with Crippen LogP contribution in [-0.4, -0.2) is 36.7 Å². The summed E-state index contributed by atoms with van der Waals surface area (Å²) in [6, 6.07) is 0. The van der Waals surface area contributed by atoms with Crippen LogP contribution in [0, 0.1) is 11.3 Å². The van der Waals surface area contributed by atoms with Gasteiger partial charge in [0.15, 0.2) is 5.84 Å². The Morgan fingerprint density at radius 3 is 2.83 bits per heavy atom. The van der Waals surface area contributed by atoms with Gasteiger partial charge in [-0.05, 0) is 31.6 Å². The van der Waals surface area contributed by atoms with Gasteiger partial charge in [-0.25, -0.2) is 0 Å². The SMILES string of the molecule is NC(=NO)C1(C(=O)NCCC2CCOC2)CCC1. The van der Waals surface area contributed by atoms with Gasteiger partial charge in [-0.15, -0.1) is 0 Å². The van der Waals surface area contributed by atoms with Crippen LogP contribution in [0.1, 0.15) is 32.1 Å². The van der Waals surface area contributed by atoms with Crippen LogP contribution in [-0.2, 0) is 9.53 Å². The Bertz CT molecular complexity index is 333. The van der Waals surface area contributed by atoms with Gasteiger partial charge in [-0.3, -0.25) is 4.79 Å². The summed E-state index contributed by atoms with van der Waals surface area (Å²) in [5.74, 6) is 0.477. The van der Waals surface area contributed by atoms with Crippen molar-refractivity contribution in [3.8, 4) is 0 Å². The zero-order valence-corrected chi connectivity index (χ0v) is 10.5. The molecule has 102 valence electrons. The van der Waals surface area contributed by atoms with Crippen molar-refractivity contribution < 1.29 is 14.7 Å². The third-order valence-electron chi connectivity index (χ3n) is 4.10.